The van der Waals surface area contributed by atoms with E-state index >= 15 is 0 Å². The van der Waals surface area contributed by atoms with Crippen molar-refractivity contribution < 1.29 is 4.42 Å². The summed E-state index contributed by atoms with van der Waals surface area (Å²) in [5.74, 6) is 0. The number of hydrogen-bond donors (Lipinski definition) is 0. The van der Waals surface area contributed by atoms with Gasteiger partial charge in [0.2, 0.25) is 0 Å². The van der Waals surface area contributed by atoms with Crippen LogP contribution in [0.2, 0.25) is 0 Å². The minimum absolute atomic E-state index is 0.0344. The van der Waals surface area contributed by atoms with Crippen molar-refractivity contribution in [1.29, 1.82) is 5.26 Å². The Hall–Kier alpha value is -2.69. The summed E-state index contributed by atoms with van der Waals surface area (Å²) < 4.78 is 7.99. The smallest absolute Gasteiger partial charge is 0.348 e. The number of thiazole rings is 1. The van der Waals surface area contributed by atoms with Gasteiger partial charge in [0, 0.05) is 34.2 Å². The van der Waals surface area contributed by atoms with Crippen LogP contribution >= 0.6 is 27.3 Å². The summed E-state index contributed by atoms with van der Waals surface area (Å²) in [5.41, 5.74) is 4.76. The van der Waals surface area contributed by atoms with Crippen LogP contribution in [0.5, 0.6) is 0 Å². The maximum Gasteiger partial charge on any atom is 0.348 e. The summed E-state index contributed by atoms with van der Waals surface area (Å²) in [5, 5.41) is 11.6. The minimum atomic E-state index is -0.499. The van der Waals surface area contributed by atoms with E-state index in [0.29, 0.717) is 16.2 Å². The zero-order valence-electron chi connectivity index (χ0n) is 19.6. The molecule has 172 valence electrons. The molecule has 6 rings (SSSR count). The van der Waals surface area contributed by atoms with Crippen LogP contribution in [0.15, 0.2) is 37.9 Å². The zero-order valence-corrected chi connectivity index (χ0v) is 22.0. The predicted octanol–water partition coefficient (Wildman–Crippen LogP) is 6.87. The quantitative estimate of drug-likeness (QED) is 0.249. The molecule has 2 aromatic carbocycles. The highest BCUT2D eigenvalue weighted by molar-refractivity contribution is 9.10. The first-order chi connectivity index (χ1) is 16.1. The monoisotopic (exact) mass is 533 g/mol. The Morgan fingerprint density at radius 1 is 1.15 bits per heavy atom. The van der Waals surface area contributed by atoms with E-state index in [2.05, 4.69) is 60.7 Å². The van der Waals surface area contributed by atoms with Gasteiger partial charge in [-0.2, -0.15) is 5.26 Å². The van der Waals surface area contributed by atoms with Gasteiger partial charge in [-0.25, -0.2) is 9.78 Å². The Morgan fingerprint density at radius 3 is 2.62 bits per heavy atom. The van der Waals surface area contributed by atoms with Gasteiger partial charge in [0.05, 0.1) is 15.8 Å². The third-order valence-electron chi connectivity index (χ3n) is 7.58. The Bertz CT molecular complexity index is 1620. The number of rotatable bonds is 1. The predicted molar refractivity (Wildman–Crippen MR) is 141 cm³/mol. The fourth-order valence-corrected chi connectivity index (χ4v) is 6.88. The van der Waals surface area contributed by atoms with Crippen molar-refractivity contribution in [2.75, 3.05) is 18.0 Å². The molecule has 4 heterocycles. The molecule has 0 unspecified atom stereocenters. The zero-order chi connectivity index (χ0) is 24.0. The van der Waals surface area contributed by atoms with Gasteiger partial charge in [-0.1, -0.05) is 43.6 Å². The lowest BCUT2D eigenvalue weighted by Gasteiger charge is -2.48. The van der Waals surface area contributed by atoms with Crippen molar-refractivity contribution in [2.45, 2.75) is 51.4 Å². The average molecular weight is 534 g/mol. The number of aromatic nitrogens is 1. The highest BCUT2D eigenvalue weighted by atomic mass is 79.9. The molecule has 7 heteroatoms. The molecule has 0 radical (unpaired) electrons. The molecule has 0 N–H and O–H groups in total. The Labute approximate surface area is 210 Å². The summed E-state index contributed by atoms with van der Waals surface area (Å²) in [6.07, 6.45) is 2.02. The van der Waals surface area contributed by atoms with Gasteiger partial charge in [-0.05, 0) is 53.5 Å². The molecule has 34 heavy (non-hydrogen) atoms. The van der Waals surface area contributed by atoms with Crippen LogP contribution in [0, 0.1) is 11.3 Å². The Balaban J connectivity index is 1.74. The summed E-state index contributed by atoms with van der Waals surface area (Å²) >= 11 is 4.89. The SMILES string of the molecule is CC1(C)CCN2CCC(C)(C)c3c2c1cc1c(C#N)c(-c2nc4cc(Br)ccc4s2)c(=O)oc31. The maximum atomic E-state index is 13.5. The van der Waals surface area contributed by atoms with E-state index in [4.69, 9.17) is 9.40 Å². The first kappa shape index (κ1) is 21.8. The topological polar surface area (TPSA) is 70.1 Å². The molecule has 0 saturated carbocycles. The Kier molecular flexibility index (Phi) is 4.59. The molecule has 0 amide bonds. The summed E-state index contributed by atoms with van der Waals surface area (Å²) in [6.45, 7) is 10.9. The van der Waals surface area contributed by atoms with Gasteiger partial charge in [0.15, 0.2) is 0 Å². The van der Waals surface area contributed by atoms with Gasteiger partial charge in [-0.3, -0.25) is 0 Å². The molecule has 5 nitrogen and oxygen atoms in total. The Morgan fingerprint density at radius 2 is 1.88 bits per heavy atom. The molecule has 0 bridgehead atoms. The summed E-state index contributed by atoms with van der Waals surface area (Å²) in [7, 11) is 0. The third-order valence-corrected chi connectivity index (χ3v) is 9.13. The summed E-state index contributed by atoms with van der Waals surface area (Å²) in [4.78, 5) is 20.6. The minimum Gasteiger partial charge on any atom is -0.422 e. The van der Waals surface area contributed by atoms with E-state index in [0.717, 1.165) is 51.6 Å². The molecule has 2 aliphatic rings. The maximum absolute atomic E-state index is 13.5. The number of nitrogens with zero attached hydrogens (tertiary/aromatic N) is 3. The van der Waals surface area contributed by atoms with Crippen LogP contribution in [-0.2, 0) is 10.8 Å². The van der Waals surface area contributed by atoms with Crippen molar-refractivity contribution in [1.82, 2.24) is 4.98 Å². The van der Waals surface area contributed by atoms with E-state index in [1.807, 2.05) is 18.2 Å². The largest absolute Gasteiger partial charge is 0.422 e. The first-order valence-corrected chi connectivity index (χ1v) is 13.1. The van der Waals surface area contributed by atoms with Crippen molar-refractivity contribution >= 4 is 54.1 Å². The highest BCUT2D eigenvalue weighted by Gasteiger charge is 2.42. The van der Waals surface area contributed by atoms with Crippen LogP contribution in [-0.4, -0.2) is 18.1 Å². The van der Waals surface area contributed by atoms with Gasteiger partial charge in [0.25, 0.3) is 0 Å². The molecule has 0 spiro atoms. The number of anilines is 1. The number of nitriles is 1. The van der Waals surface area contributed by atoms with E-state index in [-0.39, 0.29) is 16.4 Å². The molecular weight excluding hydrogens is 510 g/mol. The lowest BCUT2D eigenvalue weighted by molar-refractivity contribution is 0.398. The summed E-state index contributed by atoms with van der Waals surface area (Å²) in [6, 6.07) is 10.3. The van der Waals surface area contributed by atoms with Crippen molar-refractivity contribution in [3.05, 3.63) is 55.8 Å². The molecule has 0 aliphatic carbocycles. The first-order valence-electron chi connectivity index (χ1n) is 11.5. The van der Waals surface area contributed by atoms with Gasteiger partial charge < -0.3 is 9.32 Å². The number of fused-ring (bicyclic) bond motifs is 3. The highest BCUT2D eigenvalue weighted by Crippen LogP contribution is 2.52. The molecule has 0 saturated heterocycles. The van der Waals surface area contributed by atoms with Crippen LogP contribution in [0.3, 0.4) is 0 Å². The molecule has 4 aromatic rings. The standard InChI is InChI=1S/C27H24BrN3O2S/c1-26(2)7-9-31-10-8-27(3,4)21-22(31)17(26)12-15-16(13-29)20(25(32)33-23(15)21)24-30-18-11-14(28)5-6-19(18)34-24/h5-6,11-12H,7-10H2,1-4H3. The van der Waals surface area contributed by atoms with Crippen molar-refractivity contribution in [3.63, 3.8) is 0 Å². The molecule has 2 aliphatic heterocycles. The lowest BCUT2D eigenvalue weighted by Crippen LogP contribution is -2.44. The van der Waals surface area contributed by atoms with Gasteiger partial charge in [-0.15, -0.1) is 11.3 Å². The fourth-order valence-electron chi connectivity index (χ4n) is 5.54. The van der Waals surface area contributed by atoms with Gasteiger partial charge in [0.1, 0.15) is 22.2 Å². The van der Waals surface area contributed by atoms with E-state index in [1.54, 1.807) is 0 Å². The third kappa shape index (κ3) is 3.01. The number of halogens is 1. The second kappa shape index (κ2) is 7.16. The number of hydrogen-bond acceptors (Lipinski definition) is 6. The van der Waals surface area contributed by atoms with Crippen LogP contribution in [0.1, 0.15) is 57.2 Å². The van der Waals surface area contributed by atoms with Crippen molar-refractivity contribution in [3.8, 4) is 16.6 Å². The molecule has 0 fully saturated rings. The second-order valence-corrected chi connectivity index (χ2v) is 12.6. The fraction of sp³-hybridized carbons (Fsp3) is 0.370. The molecule has 0 atom stereocenters. The van der Waals surface area contributed by atoms with E-state index in [1.165, 1.54) is 22.6 Å². The van der Waals surface area contributed by atoms with Crippen LogP contribution < -0.4 is 10.5 Å². The lowest BCUT2D eigenvalue weighted by atomic mass is 9.69. The second-order valence-electron chi connectivity index (χ2n) is 10.7. The molecule has 2 aromatic heterocycles. The van der Waals surface area contributed by atoms with Crippen molar-refractivity contribution in [2.24, 2.45) is 0 Å². The normalized spacial score (nSPS) is 18.2. The molecular formula is C27H24BrN3O2S. The number of benzene rings is 2. The van der Waals surface area contributed by atoms with Gasteiger partial charge >= 0.3 is 5.63 Å². The van der Waals surface area contributed by atoms with E-state index in [9.17, 15) is 10.1 Å². The van der Waals surface area contributed by atoms with Crippen LogP contribution in [0.4, 0.5) is 5.69 Å². The average Bonchev–Trinajstić information content (AvgIpc) is 3.18. The van der Waals surface area contributed by atoms with E-state index < -0.39 is 5.63 Å². The van der Waals surface area contributed by atoms with Crippen LogP contribution in [0.25, 0.3) is 31.8 Å².